The van der Waals surface area contributed by atoms with E-state index in [1.165, 1.54) is 0 Å². The third-order valence-electron chi connectivity index (χ3n) is 6.37. The predicted molar refractivity (Wildman–Crippen MR) is 138 cm³/mol. The van der Waals surface area contributed by atoms with Gasteiger partial charge in [-0.05, 0) is 50.5 Å². The molecule has 1 aliphatic rings. The van der Waals surface area contributed by atoms with Crippen LogP contribution in [0, 0.1) is 11.3 Å². The van der Waals surface area contributed by atoms with Crippen molar-refractivity contribution >= 4 is 23.4 Å². The van der Waals surface area contributed by atoms with Gasteiger partial charge in [0.25, 0.3) is 5.91 Å². The van der Waals surface area contributed by atoms with Crippen LogP contribution in [0.5, 0.6) is 0 Å². The summed E-state index contributed by atoms with van der Waals surface area (Å²) >= 11 is 0. The zero-order valence-corrected chi connectivity index (χ0v) is 21.1. The van der Waals surface area contributed by atoms with Gasteiger partial charge in [-0.2, -0.15) is 10.4 Å². The first-order valence-electron chi connectivity index (χ1n) is 12.2. The molecule has 3 N–H and O–H groups in total. The first kappa shape index (κ1) is 25.1. The Morgan fingerprint density at radius 1 is 1.22 bits per heavy atom. The fourth-order valence-corrected chi connectivity index (χ4v) is 4.43. The highest BCUT2D eigenvalue weighted by atomic mass is 16.3. The van der Waals surface area contributed by atoms with E-state index in [1.54, 1.807) is 36.1 Å². The van der Waals surface area contributed by atoms with E-state index >= 15 is 0 Å². The largest absolute Gasteiger partial charge is 0.396 e. The molecule has 36 heavy (non-hydrogen) atoms. The number of rotatable bonds is 8. The van der Waals surface area contributed by atoms with Gasteiger partial charge in [0, 0.05) is 56.5 Å². The van der Waals surface area contributed by atoms with Crippen LogP contribution in [-0.4, -0.2) is 62.4 Å². The number of anilines is 3. The SMILES string of the molecule is CNc1c(C#N)cc(-c2ccnc(Nc3cc(C(=O)N4CCCC4)nn3C(C)C)n2)cc1[C@@H](C)CO. The number of amides is 1. The predicted octanol–water partition coefficient (Wildman–Crippen LogP) is 3.91. The Morgan fingerprint density at radius 3 is 2.61 bits per heavy atom. The molecule has 0 saturated carbocycles. The van der Waals surface area contributed by atoms with E-state index < -0.39 is 0 Å². The minimum absolute atomic E-state index is 0.0191. The Morgan fingerprint density at radius 2 is 1.97 bits per heavy atom. The van der Waals surface area contributed by atoms with Gasteiger partial charge in [0.05, 0.1) is 16.9 Å². The molecule has 0 bridgehead atoms. The highest BCUT2D eigenvalue weighted by Crippen LogP contribution is 2.33. The van der Waals surface area contributed by atoms with Crippen LogP contribution in [0.4, 0.5) is 17.5 Å². The van der Waals surface area contributed by atoms with Crippen LogP contribution in [0.3, 0.4) is 0 Å². The van der Waals surface area contributed by atoms with Crippen LogP contribution in [0.2, 0.25) is 0 Å². The van der Waals surface area contributed by atoms with Crippen molar-refractivity contribution in [2.45, 2.75) is 45.6 Å². The maximum absolute atomic E-state index is 12.9. The number of aromatic nitrogens is 4. The van der Waals surface area contributed by atoms with Crippen molar-refractivity contribution in [3.05, 3.63) is 47.3 Å². The number of nitriles is 1. The first-order valence-corrected chi connectivity index (χ1v) is 12.2. The molecule has 1 saturated heterocycles. The number of likely N-dealkylation sites (tertiary alicyclic amines) is 1. The van der Waals surface area contributed by atoms with E-state index in [1.807, 2.05) is 31.7 Å². The summed E-state index contributed by atoms with van der Waals surface area (Å²) in [5.74, 6) is 0.750. The van der Waals surface area contributed by atoms with Gasteiger partial charge in [-0.1, -0.05) is 6.92 Å². The second-order valence-corrected chi connectivity index (χ2v) is 9.28. The number of carbonyl (C=O) groups excluding carboxylic acids is 1. The van der Waals surface area contributed by atoms with E-state index in [0.29, 0.717) is 34.4 Å². The zero-order valence-electron chi connectivity index (χ0n) is 21.1. The number of hydrogen-bond donors (Lipinski definition) is 3. The van der Waals surface area contributed by atoms with E-state index in [4.69, 9.17) is 0 Å². The molecule has 2 aromatic heterocycles. The number of aliphatic hydroxyl groups excluding tert-OH is 1. The van der Waals surface area contributed by atoms with Crippen LogP contribution in [-0.2, 0) is 0 Å². The lowest BCUT2D eigenvalue weighted by Crippen LogP contribution is -2.28. The van der Waals surface area contributed by atoms with Crippen LogP contribution < -0.4 is 10.6 Å². The van der Waals surface area contributed by atoms with Gasteiger partial charge < -0.3 is 20.6 Å². The van der Waals surface area contributed by atoms with E-state index in [0.717, 1.165) is 37.1 Å². The second-order valence-electron chi connectivity index (χ2n) is 9.28. The lowest BCUT2D eigenvalue weighted by Gasteiger charge is -2.17. The molecule has 10 nitrogen and oxygen atoms in total. The van der Waals surface area contributed by atoms with Crippen LogP contribution in [0.15, 0.2) is 30.5 Å². The Hall–Kier alpha value is -3.97. The molecule has 1 atom stereocenters. The highest BCUT2D eigenvalue weighted by Gasteiger charge is 2.24. The molecule has 1 fully saturated rings. The Kier molecular flexibility index (Phi) is 7.50. The van der Waals surface area contributed by atoms with Gasteiger partial charge in [-0.25, -0.2) is 14.6 Å². The smallest absolute Gasteiger partial charge is 0.274 e. The number of hydrogen-bond acceptors (Lipinski definition) is 8. The number of aliphatic hydroxyl groups is 1. The molecule has 1 aliphatic heterocycles. The summed E-state index contributed by atoms with van der Waals surface area (Å²) in [5, 5.41) is 30.3. The second kappa shape index (κ2) is 10.7. The number of nitrogens with zero attached hydrogens (tertiary/aromatic N) is 6. The van der Waals surface area contributed by atoms with Crippen molar-refractivity contribution in [1.29, 1.82) is 5.26 Å². The van der Waals surface area contributed by atoms with Crippen molar-refractivity contribution in [2.24, 2.45) is 0 Å². The normalized spacial score (nSPS) is 14.1. The fraction of sp³-hybridized carbons (Fsp3) is 0.423. The minimum Gasteiger partial charge on any atom is -0.396 e. The minimum atomic E-state index is -0.161. The number of nitrogens with one attached hydrogen (secondary N) is 2. The maximum atomic E-state index is 12.9. The molecule has 3 aromatic rings. The van der Waals surface area contributed by atoms with Crippen LogP contribution in [0.1, 0.15) is 67.2 Å². The molecule has 0 spiro atoms. The average molecular weight is 489 g/mol. The van der Waals surface area contributed by atoms with E-state index in [9.17, 15) is 15.2 Å². The molecule has 3 heterocycles. The van der Waals surface area contributed by atoms with Crippen LogP contribution in [0.25, 0.3) is 11.3 Å². The molecule has 188 valence electrons. The number of carbonyl (C=O) groups is 1. The molecular formula is C26H32N8O2. The van der Waals surface area contributed by atoms with Gasteiger partial charge in [-0.15, -0.1) is 0 Å². The summed E-state index contributed by atoms with van der Waals surface area (Å²) in [4.78, 5) is 23.8. The summed E-state index contributed by atoms with van der Waals surface area (Å²) in [6.45, 7) is 7.37. The summed E-state index contributed by atoms with van der Waals surface area (Å²) < 4.78 is 1.76. The topological polar surface area (TPSA) is 132 Å². The zero-order chi connectivity index (χ0) is 25.8. The molecule has 0 radical (unpaired) electrons. The molecular weight excluding hydrogens is 456 g/mol. The highest BCUT2D eigenvalue weighted by molar-refractivity contribution is 5.93. The van der Waals surface area contributed by atoms with Gasteiger partial charge in [-0.3, -0.25) is 4.79 Å². The standard InChI is InChI=1S/C26H32N8O2/c1-16(2)34-23(13-22(32-34)25(36)33-9-5-6-10-33)31-26-29-8-7-21(30-26)18-11-19(14-27)24(28-4)20(12-18)17(3)15-35/h7-8,11-13,16-17,28,35H,5-6,9-10,15H2,1-4H3,(H,29,30,31)/t17-/m0/s1. The number of benzene rings is 1. The lowest BCUT2D eigenvalue weighted by atomic mass is 9.93. The monoisotopic (exact) mass is 488 g/mol. The third-order valence-corrected chi connectivity index (χ3v) is 6.37. The third kappa shape index (κ3) is 5.02. The summed E-state index contributed by atoms with van der Waals surface area (Å²) in [7, 11) is 1.76. The summed E-state index contributed by atoms with van der Waals surface area (Å²) in [5.41, 5.74) is 3.78. The molecule has 4 rings (SSSR count). The Labute approximate surface area is 211 Å². The molecule has 0 aliphatic carbocycles. The summed E-state index contributed by atoms with van der Waals surface area (Å²) in [6, 6.07) is 9.48. The summed E-state index contributed by atoms with van der Waals surface area (Å²) in [6.07, 6.45) is 3.68. The van der Waals surface area contributed by atoms with Gasteiger partial charge in [0.2, 0.25) is 5.95 Å². The maximum Gasteiger partial charge on any atom is 0.274 e. The van der Waals surface area contributed by atoms with Crippen molar-refractivity contribution in [3.63, 3.8) is 0 Å². The molecule has 0 unspecified atom stereocenters. The van der Waals surface area contributed by atoms with Crippen molar-refractivity contribution < 1.29 is 9.90 Å². The average Bonchev–Trinajstić information content (AvgIpc) is 3.58. The quantitative estimate of drug-likeness (QED) is 0.435. The van der Waals surface area contributed by atoms with E-state index in [-0.39, 0.29) is 24.5 Å². The van der Waals surface area contributed by atoms with Gasteiger partial charge in [0.15, 0.2) is 5.69 Å². The molecule has 1 aromatic carbocycles. The van der Waals surface area contributed by atoms with Crippen molar-refractivity contribution in [3.8, 4) is 17.3 Å². The Bertz CT molecular complexity index is 1290. The van der Waals surface area contributed by atoms with Gasteiger partial charge in [0.1, 0.15) is 11.9 Å². The van der Waals surface area contributed by atoms with Gasteiger partial charge >= 0.3 is 0 Å². The van der Waals surface area contributed by atoms with Crippen molar-refractivity contribution in [1.82, 2.24) is 24.6 Å². The fourth-order valence-electron chi connectivity index (χ4n) is 4.43. The molecule has 1 amide bonds. The lowest BCUT2D eigenvalue weighted by molar-refractivity contribution is 0.0786. The molecule has 10 heteroatoms. The van der Waals surface area contributed by atoms with Crippen LogP contribution >= 0.6 is 0 Å². The van der Waals surface area contributed by atoms with E-state index in [2.05, 4.69) is 31.8 Å². The first-order chi connectivity index (χ1) is 17.4. The van der Waals surface area contributed by atoms with Crippen molar-refractivity contribution in [2.75, 3.05) is 37.4 Å². The Balaban J connectivity index is 1.68.